The first-order valence-electron chi connectivity index (χ1n) is 10.9. The van der Waals surface area contributed by atoms with Crippen LogP contribution in [0.4, 0.5) is 19.0 Å². The van der Waals surface area contributed by atoms with Gasteiger partial charge in [-0.2, -0.15) is 18.3 Å². The summed E-state index contributed by atoms with van der Waals surface area (Å²) in [5.41, 5.74) is -0.270. The SMILES string of the molecule is FC(F)(F)c1ccc(N2CCC(N3CCCCC3)CC2)nc1-c1[nH]nc2ncccc12.[HH]. The predicted molar refractivity (Wildman–Crippen MR) is 115 cm³/mol. The second kappa shape index (κ2) is 8.11. The summed E-state index contributed by atoms with van der Waals surface area (Å²) in [4.78, 5) is 13.3. The molecule has 2 saturated heterocycles. The highest BCUT2D eigenvalue weighted by Crippen LogP contribution is 2.38. The van der Waals surface area contributed by atoms with Crippen LogP contribution in [0.3, 0.4) is 0 Å². The zero-order valence-corrected chi connectivity index (χ0v) is 17.2. The van der Waals surface area contributed by atoms with E-state index in [9.17, 15) is 13.2 Å². The molecule has 31 heavy (non-hydrogen) atoms. The van der Waals surface area contributed by atoms with Crippen molar-refractivity contribution < 1.29 is 14.6 Å². The number of H-pyrrole nitrogens is 1. The van der Waals surface area contributed by atoms with Crippen LogP contribution in [0, 0.1) is 0 Å². The second-order valence-electron chi connectivity index (χ2n) is 8.35. The quantitative estimate of drug-likeness (QED) is 0.648. The standard InChI is InChI=1S/C22H25F3N6.H2/c23-22(24,25)17-6-7-18(27-20(17)19-16-5-4-10-26-21(16)29-28-19)31-13-8-15(9-14-31)30-11-2-1-3-12-30;/h4-7,10,15H,1-3,8-9,11-14H2,(H,26,28,29);1H. The van der Waals surface area contributed by atoms with Crippen LogP contribution in [0.5, 0.6) is 0 Å². The van der Waals surface area contributed by atoms with E-state index in [0.717, 1.165) is 45.1 Å². The lowest BCUT2D eigenvalue weighted by Gasteiger charge is -2.40. The molecule has 0 aliphatic carbocycles. The van der Waals surface area contributed by atoms with Crippen LogP contribution in [0.2, 0.25) is 0 Å². The minimum absolute atomic E-state index is 0. The van der Waals surface area contributed by atoms with Crippen LogP contribution < -0.4 is 4.90 Å². The van der Waals surface area contributed by atoms with E-state index in [1.807, 2.05) is 0 Å². The van der Waals surface area contributed by atoms with E-state index in [-0.39, 0.29) is 12.8 Å². The summed E-state index contributed by atoms with van der Waals surface area (Å²) < 4.78 is 41.3. The third-order valence-electron chi connectivity index (χ3n) is 6.45. The zero-order chi connectivity index (χ0) is 21.4. The van der Waals surface area contributed by atoms with Crippen molar-refractivity contribution >= 4 is 16.9 Å². The molecule has 2 aliphatic rings. The van der Waals surface area contributed by atoms with Crippen LogP contribution in [0.1, 0.15) is 39.1 Å². The summed E-state index contributed by atoms with van der Waals surface area (Å²) in [5, 5.41) is 7.31. The van der Waals surface area contributed by atoms with E-state index in [1.54, 1.807) is 18.3 Å². The van der Waals surface area contributed by atoms with E-state index in [4.69, 9.17) is 0 Å². The third kappa shape index (κ3) is 3.98. The number of nitrogens with one attached hydrogen (secondary N) is 1. The van der Waals surface area contributed by atoms with Crippen molar-refractivity contribution in [3.05, 3.63) is 36.0 Å². The third-order valence-corrected chi connectivity index (χ3v) is 6.45. The lowest BCUT2D eigenvalue weighted by molar-refractivity contribution is -0.137. The molecule has 0 unspecified atom stereocenters. The maximum absolute atomic E-state index is 13.8. The van der Waals surface area contributed by atoms with Gasteiger partial charge in [-0.25, -0.2) is 9.97 Å². The minimum atomic E-state index is -4.51. The molecule has 0 spiro atoms. The molecule has 0 aromatic carbocycles. The Balaban J connectivity index is 0.00000245. The highest BCUT2D eigenvalue weighted by atomic mass is 19.4. The maximum Gasteiger partial charge on any atom is 0.418 e. The van der Waals surface area contributed by atoms with E-state index in [2.05, 4.69) is 30.0 Å². The molecule has 5 heterocycles. The minimum Gasteiger partial charge on any atom is -0.356 e. The van der Waals surface area contributed by atoms with Crippen molar-refractivity contribution in [2.75, 3.05) is 31.1 Å². The fourth-order valence-electron chi connectivity index (χ4n) is 4.82. The van der Waals surface area contributed by atoms with Gasteiger partial charge in [0.15, 0.2) is 5.65 Å². The van der Waals surface area contributed by atoms with Gasteiger partial charge in [-0.3, -0.25) is 5.10 Å². The van der Waals surface area contributed by atoms with Gasteiger partial charge in [0.25, 0.3) is 0 Å². The molecule has 166 valence electrons. The van der Waals surface area contributed by atoms with Crippen LogP contribution >= 0.6 is 0 Å². The Hall–Kier alpha value is -2.68. The molecule has 9 heteroatoms. The highest BCUT2D eigenvalue weighted by Gasteiger charge is 2.36. The number of rotatable bonds is 3. The first-order valence-corrected chi connectivity index (χ1v) is 10.9. The van der Waals surface area contributed by atoms with Gasteiger partial charge in [-0.1, -0.05) is 6.42 Å². The molecular weight excluding hydrogens is 405 g/mol. The number of hydrogen-bond acceptors (Lipinski definition) is 5. The van der Waals surface area contributed by atoms with Crippen LogP contribution in [0.25, 0.3) is 22.4 Å². The first-order chi connectivity index (χ1) is 15.0. The van der Waals surface area contributed by atoms with Gasteiger partial charge in [-0.05, 0) is 63.0 Å². The molecule has 2 fully saturated rings. The molecule has 3 aromatic rings. The number of aromatic amines is 1. The Labute approximate surface area is 180 Å². The molecule has 0 amide bonds. The number of aromatic nitrogens is 4. The van der Waals surface area contributed by atoms with Gasteiger partial charge in [-0.15, -0.1) is 0 Å². The van der Waals surface area contributed by atoms with Crippen molar-refractivity contribution in [2.45, 2.75) is 44.3 Å². The Morgan fingerprint density at radius 3 is 2.52 bits per heavy atom. The predicted octanol–water partition coefficient (Wildman–Crippen LogP) is 4.74. The van der Waals surface area contributed by atoms with E-state index < -0.39 is 11.7 Å². The van der Waals surface area contributed by atoms with Gasteiger partial charge < -0.3 is 9.80 Å². The van der Waals surface area contributed by atoms with E-state index in [0.29, 0.717) is 22.9 Å². The summed E-state index contributed by atoms with van der Waals surface area (Å²) in [7, 11) is 0. The molecule has 0 atom stereocenters. The number of halogens is 3. The highest BCUT2D eigenvalue weighted by molar-refractivity contribution is 5.90. The molecule has 0 saturated carbocycles. The summed E-state index contributed by atoms with van der Waals surface area (Å²) in [6, 6.07) is 6.58. The summed E-state index contributed by atoms with van der Waals surface area (Å²) >= 11 is 0. The van der Waals surface area contributed by atoms with Gasteiger partial charge in [0, 0.05) is 32.1 Å². The molecular formula is C22H27F3N6. The van der Waals surface area contributed by atoms with Crippen LogP contribution in [-0.4, -0.2) is 57.3 Å². The number of piperidine rings is 2. The molecule has 2 aliphatic heterocycles. The number of nitrogens with zero attached hydrogens (tertiary/aromatic N) is 5. The van der Waals surface area contributed by atoms with E-state index >= 15 is 0 Å². The average molecular weight is 432 g/mol. The van der Waals surface area contributed by atoms with Crippen molar-refractivity contribution in [1.29, 1.82) is 0 Å². The normalized spacial score (nSPS) is 19.3. The van der Waals surface area contributed by atoms with Gasteiger partial charge in [0.05, 0.1) is 11.3 Å². The number of fused-ring (bicyclic) bond motifs is 1. The lowest BCUT2D eigenvalue weighted by Crippen LogP contribution is -2.47. The summed E-state index contributed by atoms with van der Waals surface area (Å²) in [6.45, 7) is 3.91. The Morgan fingerprint density at radius 1 is 1.00 bits per heavy atom. The Morgan fingerprint density at radius 2 is 1.77 bits per heavy atom. The average Bonchev–Trinajstić information content (AvgIpc) is 3.23. The monoisotopic (exact) mass is 432 g/mol. The molecule has 3 aromatic heterocycles. The number of hydrogen-bond donors (Lipinski definition) is 1. The van der Waals surface area contributed by atoms with Crippen molar-refractivity contribution in [1.82, 2.24) is 25.1 Å². The fraction of sp³-hybridized carbons (Fsp3) is 0.500. The number of likely N-dealkylation sites (tertiary alicyclic amines) is 1. The van der Waals surface area contributed by atoms with Crippen molar-refractivity contribution in [3.63, 3.8) is 0 Å². The maximum atomic E-state index is 13.8. The van der Waals surface area contributed by atoms with Crippen LogP contribution in [-0.2, 0) is 6.18 Å². The van der Waals surface area contributed by atoms with Crippen LogP contribution in [0.15, 0.2) is 30.5 Å². The van der Waals surface area contributed by atoms with Gasteiger partial charge in [0.2, 0.25) is 0 Å². The summed E-state index contributed by atoms with van der Waals surface area (Å²) in [5.74, 6) is 0.576. The van der Waals surface area contributed by atoms with E-state index in [1.165, 1.54) is 25.3 Å². The lowest BCUT2D eigenvalue weighted by atomic mass is 10.00. The second-order valence-corrected chi connectivity index (χ2v) is 8.35. The molecule has 1 N–H and O–H groups in total. The molecule has 6 nitrogen and oxygen atoms in total. The Bertz CT molecular complexity index is 1060. The van der Waals surface area contributed by atoms with Crippen molar-refractivity contribution in [3.8, 4) is 11.4 Å². The first kappa shape index (κ1) is 20.2. The molecule has 5 rings (SSSR count). The summed E-state index contributed by atoms with van der Waals surface area (Å²) in [6.07, 6.45) is 2.90. The number of anilines is 1. The number of pyridine rings is 2. The van der Waals surface area contributed by atoms with Crippen molar-refractivity contribution in [2.24, 2.45) is 0 Å². The molecule has 0 radical (unpaired) electrons. The topological polar surface area (TPSA) is 60.9 Å². The van der Waals surface area contributed by atoms with Gasteiger partial charge >= 0.3 is 6.18 Å². The fourth-order valence-corrected chi connectivity index (χ4v) is 4.82. The Kier molecular flexibility index (Phi) is 5.29. The zero-order valence-electron chi connectivity index (χ0n) is 17.2. The smallest absolute Gasteiger partial charge is 0.356 e. The number of alkyl halides is 3. The van der Waals surface area contributed by atoms with Gasteiger partial charge in [0.1, 0.15) is 11.5 Å². The largest absolute Gasteiger partial charge is 0.418 e. The molecule has 0 bridgehead atoms.